The predicted octanol–water partition coefficient (Wildman–Crippen LogP) is 3.52. The van der Waals surface area contributed by atoms with E-state index in [1.165, 1.54) is 0 Å². The van der Waals surface area contributed by atoms with Crippen molar-refractivity contribution in [2.45, 2.75) is 57.7 Å². The molecule has 2 aliphatic rings. The number of hydrogen-bond donors (Lipinski definition) is 2. The number of ether oxygens (including phenoxy) is 1. The number of nitrogens with one attached hydrogen (secondary N) is 1. The van der Waals surface area contributed by atoms with Crippen molar-refractivity contribution < 1.29 is 19.4 Å². The Morgan fingerprint density at radius 2 is 2.03 bits per heavy atom. The summed E-state index contributed by atoms with van der Waals surface area (Å²) in [5.41, 5.74) is 2.12. The number of carbonyl (C=O) groups excluding carboxylic acids is 2. The Morgan fingerprint density at radius 3 is 2.69 bits per heavy atom. The van der Waals surface area contributed by atoms with Crippen LogP contribution in [0.5, 0.6) is 0 Å². The van der Waals surface area contributed by atoms with Gasteiger partial charge in [-0.05, 0) is 51.7 Å². The second-order valence-electron chi connectivity index (χ2n) is 10.3. The van der Waals surface area contributed by atoms with Crippen molar-refractivity contribution in [3.05, 3.63) is 40.5 Å². The maximum Gasteiger partial charge on any atom is 0.255 e. The minimum atomic E-state index is -0.379. The van der Waals surface area contributed by atoms with Crippen molar-refractivity contribution in [3.63, 3.8) is 0 Å². The van der Waals surface area contributed by atoms with Crippen LogP contribution in [0.2, 0.25) is 5.02 Å². The van der Waals surface area contributed by atoms with Crippen LogP contribution in [0.3, 0.4) is 0 Å². The molecule has 4 rings (SSSR count). The van der Waals surface area contributed by atoms with Crippen LogP contribution in [0.25, 0.3) is 11.3 Å². The number of rotatable bonds is 7. The molecule has 2 N–H and O–H groups in total. The second-order valence-corrected chi connectivity index (χ2v) is 10.7. The van der Waals surface area contributed by atoms with Crippen molar-refractivity contribution in [1.82, 2.24) is 19.8 Å². The van der Waals surface area contributed by atoms with Crippen LogP contribution in [0, 0.1) is 0 Å². The first kappa shape index (κ1) is 26.3. The lowest BCUT2D eigenvalue weighted by Gasteiger charge is -2.34. The minimum Gasteiger partial charge on any atom is -0.396 e. The molecule has 194 valence electrons. The molecule has 1 fully saturated rings. The van der Waals surface area contributed by atoms with Gasteiger partial charge in [0.25, 0.3) is 5.91 Å². The number of benzene rings is 1. The highest BCUT2D eigenvalue weighted by atomic mass is 35.5. The molecule has 3 heterocycles. The van der Waals surface area contributed by atoms with Gasteiger partial charge in [-0.25, -0.2) is 9.97 Å². The third-order valence-electron chi connectivity index (χ3n) is 6.94. The molecule has 1 atom stereocenters. The average molecular weight is 516 g/mol. The molecule has 2 aliphatic heterocycles. The van der Waals surface area contributed by atoms with E-state index < -0.39 is 0 Å². The number of likely N-dealkylation sites (N-methyl/N-ethyl adjacent to an activating group) is 1. The van der Waals surface area contributed by atoms with Crippen LogP contribution >= 0.6 is 11.6 Å². The SMILES string of the molecule is CN(C(=O)CN1C(=O)c2cc(-c3nc(NC4CCOCC4)ncc3Cl)ccc2C1CCO)C(C)(C)C. The van der Waals surface area contributed by atoms with E-state index in [4.69, 9.17) is 16.3 Å². The van der Waals surface area contributed by atoms with E-state index in [-0.39, 0.29) is 42.6 Å². The molecule has 0 aliphatic carbocycles. The number of aliphatic hydroxyl groups is 1. The molecule has 0 saturated carbocycles. The summed E-state index contributed by atoms with van der Waals surface area (Å²) >= 11 is 6.46. The smallest absolute Gasteiger partial charge is 0.255 e. The Balaban J connectivity index is 1.61. The van der Waals surface area contributed by atoms with Gasteiger partial charge >= 0.3 is 0 Å². The molecule has 1 unspecified atom stereocenters. The Hall–Kier alpha value is -2.75. The van der Waals surface area contributed by atoms with Crippen LogP contribution < -0.4 is 5.32 Å². The van der Waals surface area contributed by atoms with Crippen LogP contribution in [0.15, 0.2) is 24.4 Å². The molecule has 0 spiro atoms. The van der Waals surface area contributed by atoms with Gasteiger partial charge in [0.05, 0.1) is 23.0 Å². The molecule has 2 aromatic rings. The topological polar surface area (TPSA) is 108 Å². The highest BCUT2D eigenvalue weighted by molar-refractivity contribution is 6.33. The van der Waals surface area contributed by atoms with Gasteiger partial charge in [0.15, 0.2) is 0 Å². The number of anilines is 1. The lowest BCUT2D eigenvalue weighted by atomic mass is 9.99. The van der Waals surface area contributed by atoms with E-state index in [1.54, 1.807) is 29.1 Å². The molecular formula is C26H34ClN5O4. The van der Waals surface area contributed by atoms with E-state index in [0.717, 1.165) is 18.4 Å². The van der Waals surface area contributed by atoms with Gasteiger partial charge in [0.1, 0.15) is 6.54 Å². The number of aromatic nitrogens is 2. The summed E-state index contributed by atoms with van der Waals surface area (Å²) in [5, 5.41) is 13.4. The summed E-state index contributed by atoms with van der Waals surface area (Å²) in [6, 6.07) is 5.36. The highest BCUT2D eigenvalue weighted by Gasteiger charge is 2.39. The molecular weight excluding hydrogens is 482 g/mol. The second kappa shape index (κ2) is 10.7. The molecule has 10 heteroatoms. The fourth-order valence-corrected chi connectivity index (χ4v) is 4.75. The fourth-order valence-electron chi connectivity index (χ4n) is 4.55. The summed E-state index contributed by atoms with van der Waals surface area (Å²) in [4.78, 5) is 38.6. The first-order chi connectivity index (χ1) is 17.1. The van der Waals surface area contributed by atoms with Crippen LogP contribution in [0.1, 0.15) is 62.0 Å². The number of amides is 2. The zero-order valence-electron chi connectivity index (χ0n) is 21.3. The van der Waals surface area contributed by atoms with Crippen LogP contribution in [0.4, 0.5) is 5.95 Å². The Kier molecular flexibility index (Phi) is 7.82. The normalized spacial score (nSPS) is 18.3. The summed E-state index contributed by atoms with van der Waals surface area (Å²) < 4.78 is 5.41. The molecule has 36 heavy (non-hydrogen) atoms. The van der Waals surface area contributed by atoms with Crippen molar-refractivity contribution >= 4 is 29.4 Å². The van der Waals surface area contributed by atoms with Gasteiger partial charge in [-0.1, -0.05) is 23.7 Å². The monoisotopic (exact) mass is 515 g/mol. The number of carbonyl (C=O) groups is 2. The molecule has 0 radical (unpaired) electrons. The maximum atomic E-state index is 13.5. The van der Waals surface area contributed by atoms with E-state index in [1.807, 2.05) is 32.9 Å². The first-order valence-electron chi connectivity index (χ1n) is 12.3. The predicted molar refractivity (Wildman–Crippen MR) is 138 cm³/mol. The lowest BCUT2D eigenvalue weighted by Crippen LogP contribution is -2.48. The van der Waals surface area contributed by atoms with E-state index >= 15 is 0 Å². The van der Waals surface area contributed by atoms with Gasteiger partial charge < -0.3 is 25.0 Å². The standard InChI is InChI=1S/C26H34ClN5O4/c1-26(2,3)31(4)22(34)15-32-21(7-10-33)18-6-5-16(13-19(18)24(32)35)23-20(27)14-28-25(30-23)29-17-8-11-36-12-9-17/h5-6,13-14,17,21,33H,7-12,15H2,1-4H3,(H,28,29,30). The Bertz CT molecular complexity index is 1130. The Labute approximate surface area is 216 Å². The quantitative estimate of drug-likeness (QED) is 0.580. The minimum absolute atomic E-state index is 0.0608. The number of fused-ring (bicyclic) bond motifs is 1. The molecule has 2 amide bonds. The summed E-state index contributed by atoms with van der Waals surface area (Å²) in [6.07, 6.45) is 3.65. The zero-order valence-corrected chi connectivity index (χ0v) is 22.0. The van der Waals surface area contributed by atoms with E-state index in [9.17, 15) is 14.7 Å². The molecule has 9 nitrogen and oxygen atoms in total. The third kappa shape index (κ3) is 5.48. The van der Waals surface area contributed by atoms with Gasteiger partial charge in [-0.3, -0.25) is 9.59 Å². The molecule has 1 aromatic carbocycles. The van der Waals surface area contributed by atoms with E-state index in [0.29, 0.717) is 47.4 Å². The summed E-state index contributed by atoms with van der Waals surface area (Å²) in [6.45, 7) is 7.07. The van der Waals surface area contributed by atoms with E-state index in [2.05, 4.69) is 15.3 Å². The van der Waals surface area contributed by atoms with Crippen LogP contribution in [-0.4, -0.2) is 81.7 Å². The number of nitrogens with zero attached hydrogens (tertiary/aromatic N) is 4. The third-order valence-corrected chi connectivity index (χ3v) is 7.22. The summed E-state index contributed by atoms with van der Waals surface area (Å²) in [7, 11) is 1.73. The molecule has 1 saturated heterocycles. The average Bonchev–Trinajstić information content (AvgIpc) is 3.10. The van der Waals surface area contributed by atoms with Gasteiger partial charge in [-0.2, -0.15) is 0 Å². The summed E-state index contributed by atoms with van der Waals surface area (Å²) in [5.74, 6) is 0.0740. The maximum absolute atomic E-state index is 13.5. The molecule has 0 bridgehead atoms. The van der Waals surface area contributed by atoms with Gasteiger partial charge in [-0.15, -0.1) is 0 Å². The lowest BCUT2D eigenvalue weighted by molar-refractivity contribution is -0.135. The van der Waals surface area contributed by atoms with Crippen molar-refractivity contribution in [2.75, 3.05) is 38.7 Å². The largest absolute Gasteiger partial charge is 0.396 e. The highest BCUT2D eigenvalue weighted by Crippen LogP contribution is 2.39. The van der Waals surface area contributed by atoms with Gasteiger partial charge in [0.2, 0.25) is 11.9 Å². The number of halogens is 1. The van der Waals surface area contributed by atoms with Gasteiger partial charge in [0, 0.05) is 49.6 Å². The first-order valence-corrected chi connectivity index (χ1v) is 12.7. The van der Waals surface area contributed by atoms with Crippen molar-refractivity contribution in [3.8, 4) is 11.3 Å². The zero-order chi connectivity index (χ0) is 26.0. The van der Waals surface area contributed by atoms with Crippen molar-refractivity contribution in [1.29, 1.82) is 0 Å². The fraction of sp³-hybridized carbons (Fsp3) is 0.538. The number of hydrogen-bond acceptors (Lipinski definition) is 7. The van der Waals surface area contributed by atoms with Crippen LogP contribution in [-0.2, 0) is 9.53 Å². The number of aliphatic hydroxyl groups excluding tert-OH is 1. The van der Waals surface area contributed by atoms with Crippen molar-refractivity contribution in [2.24, 2.45) is 0 Å². The Morgan fingerprint density at radius 1 is 1.31 bits per heavy atom. The molecule has 1 aromatic heterocycles.